The Morgan fingerprint density at radius 1 is 1.20 bits per heavy atom. The second-order valence-electron chi connectivity index (χ2n) is 4.13. The molecule has 0 saturated carbocycles. The molecule has 0 N–H and O–H groups in total. The number of sulfone groups is 1. The Hall–Kier alpha value is -1.77. The summed E-state index contributed by atoms with van der Waals surface area (Å²) in [5.74, 6) is -0.773. The number of ether oxygens (including phenoxy) is 1. The number of benzene rings is 1. The van der Waals surface area contributed by atoms with E-state index in [1.165, 1.54) is 0 Å². The molecule has 1 aliphatic rings. The molecule has 20 heavy (non-hydrogen) atoms. The van der Waals surface area contributed by atoms with E-state index in [0.29, 0.717) is 18.6 Å². The number of nitrogens with zero attached hydrogens (tertiary/aromatic N) is 1. The van der Waals surface area contributed by atoms with E-state index in [4.69, 9.17) is 0 Å². The largest absolute Gasteiger partial charge is 0.516 e. The summed E-state index contributed by atoms with van der Waals surface area (Å²) in [4.78, 5) is 11.4. The van der Waals surface area contributed by atoms with Gasteiger partial charge in [0.15, 0.2) is 0 Å². The normalized spacial score (nSPS) is 15.7. The van der Waals surface area contributed by atoms with Crippen LogP contribution < -0.4 is 0 Å². The van der Waals surface area contributed by atoms with Gasteiger partial charge in [-0.05, 0) is 30.7 Å². The number of hydrogen-bond acceptors (Lipinski definition) is 4. The summed E-state index contributed by atoms with van der Waals surface area (Å²) < 4.78 is 67.0. The van der Waals surface area contributed by atoms with Crippen molar-refractivity contribution in [2.45, 2.75) is 16.8 Å². The quantitative estimate of drug-likeness (QED) is 0.801. The number of alkyl halides is 2. The zero-order chi connectivity index (χ0) is 15.0. The molecule has 5 nitrogen and oxygen atoms in total. The summed E-state index contributed by atoms with van der Waals surface area (Å²) in [6.07, 6.45) is -0.752. The van der Waals surface area contributed by atoms with Gasteiger partial charge in [-0.25, -0.2) is 17.6 Å². The molecule has 1 aliphatic heterocycles. The topological polar surface area (TPSA) is 63.7 Å². The maximum absolute atomic E-state index is 13.6. The molecule has 1 amide bonds. The van der Waals surface area contributed by atoms with Crippen molar-refractivity contribution < 1.29 is 31.1 Å². The number of carbonyl (C=O) groups is 1. The minimum atomic E-state index is -5.24. The molecule has 0 atom stereocenters. The Balaban J connectivity index is 2.22. The lowest BCUT2D eigenvalue weighted by Gasteiger charge is -2.31. The summed E-state index contributed by atoms with van der Waals surface area (Å²) >= 11 is 0. The number of carbonyl (C=O) groups excluding carboxylic acids is 1. The molecule has 1 fully saturated rings. The Bertz CT molecular complexity index is 611. The fraction of sp³-hybridized carbons (Fsp3) is 0.364. The smallest absolute Gasteiger partial charge is 0.371 e. The van der Waals surface area contributed by atoms with Crippen LogP contribution in [-0.2, 0) is 14.6 Å². The molecule has 9 heteroatoms. The predicted octanol–water partition coefficient (Wildman–Crippen LogP) is 1.99. The van der Waals surface area contributed by atoms with Gasteiger partial charge < -0.3 is 9.64 Å². The van der Waals surface area contributed by atoms with Crippen molar-refractivity contribution in [3.8, 4) is 0 Å². The zero-order valence-corrected chi connectivity index (χ0v) is 10.9. The summed E-state index contributed by atoms with van der Waals surface area (Å²) in [6.45, 7) is 0.483. The van der Waals surface area contributed by atoms with Crippen LogP contribution in [0.2, 0.25) is 0 Å². The first-order valence-electron chi connectivity index (χ1n) is 5.60. The number of halogens is 3. The van der Waals surface area contributed by atoms with E-state index < -0.39 is 32.1 Å². The van der Waals surface area contributed by atoms with Crippen molar-refractivity contribution in [2.75, 3.05) is 13.1 Å². The summed E-state index contributed by atoms with van der Waals surface area (Å²) in [6, 6.07) is 2.80. The van der Waals surface area contributed by atoms with Crippen LogP contribution in [0.3, 0.4) is 0 Å². The molecule has 2 rings (SSSR count). The van der Waals surface area contributed by atoms with E-state index in [-0.39, 0.29) is 13.1 Å². The Morgan fingerprint density at radius 2 is 1.75 bits per heavy atom. The van der Waals surface area contributed by atoms with E-state index in [1.807, 2.05) is 0 Å². The summed E-state index contributed by atoms with van der Waals surface area (Å²) in [7, 11) is -5.24. The molecule has 0 radical (unpaired) electrons. The van der Waals surface area contributed by atoms with Crippen molar-refractivity contribution >= 4 is 15.9 Å². The number of hydrogen-bond donors (Lipinski definition) is 0. The van der Waals surface area contributed by atoms with Gasteiger partial charge in [0.25, 0.3) is 9.84 Å². The molecule has 0 unspecified atom stereocenters. The van der Waals surface area contributed by atoms with E-state index in [9.17, 15) is 26.4 Å². The third-order valence-electron chi connectivity index (χ3n) is 2.76. The van der Waals surface area contributed by atoms with Gasteiger partial charge >= 0.3 is 11.5 Å². The molecule has 0 spiro atoms. The van der Waals surface area contributed by atoms with Crippen LogP contribution >= 0.6 is 0 Å². The predicted molar refractivity (Wildman–Crippen MR) is 61.2 cm³/mol. The van der Waals surface area contributed by atoms with Crippen LogP contribution in [0.4, 0.5) is 18.0 Å². The molecule has 0 bridgehead atoms. The number of likely N-dealkylation sites (tertiary alicyclic amines) is 1. The molecule has 110 valence electrons. The van der Waals surface area contributed by atoms with Crippen LogP contribution in [0.15, 0.2) is 29.2 Å². The average molecular weight is 309 g/mol. The average Bonchev–Trinajstić information content (AvgIpc) is 2.25. The van der Waals surface area contributed by atoms with E-state index in [2.05, 4.69) is 4.74 Å². The van der Waals surface area contributed by atoms with Crippen molar-refractivity contribution in [2.24, 2.45) is 0 Å². The van der Waals surface area contributed by atoms with E-state index in [1.54, 1.807) is 0 Å². The third kappa shape index (κ3) is 2.58. The zero-order valence-electron chi connectivity index (χ0n) is 10.1. The van der Waals surface area contributed by atoms with Gasteiger partial charge in [-0.1, -0.05) is 0 Å². The van der Waals surface area contributed by atoms with Gasteiger partial charge in [0, 0.05) is 13.1 Å². The fourth-order valence-electron chi connectivity index (χ4n) is 1.47. The summed E-state index contributed by atoms with van der Waals surface area (Å²) in [5, 5.41) is 0. The number of amides is 1. The summed E-state index contributed by atoms with van der Waals surface area (Å²) in [5.41, 5.74) is -4.71. The van der Waals surface area contributed by atoms with Gasteiger partial charge in [-0.15, -0.1) is 8.78 Å². The number of rotatable bonds is 3. The fourth-order valence-corrected chi connectivity index (χ4v) is 2.42. The molecule has 0 aliphatic carbocycles. The highest BCUT2D eigenvalue weighted by Gasteiger charge is 2.52. The highest BCUT2D eigenvalue weighted by atomic mass is 32.2. The molecular weight excluding hydrogens is 299 g/mol. The van der Waals surface area contributed by atoms with E-state index in [0.717, 1.165) is 17.0 Å². The van der Waals surface area contributed by atoms with Gasteiger partial charge in [0.05, 0.1) is 4.90 Å². The SMILES string of the molecule is O=C(OC(F)(F)S(=O)(=O)c1ccc(F)cc1)N1CCC1. The lowest BCUT2D eigenvalue weighted by Crippen LogP contribution is -2.46. The highest BCUT2D eigenvalue weighted by molar-refractivity contribution is 7.92. The third-order valence-corrected chi connectivity index (χ3v) is 4.36. The van der Waals surface area contributed by atoms with Gasteiger partial charge in [0.2, 0.25) is 0 Å². The monoisotopic (exact) mass is 309 g/mol. The van der Waals surface area contributed by atoms with Gasteiger partial charge in [-0.3, -0.25) is 0 Å². The molecule has 1 heterocycles. The second kappa shape index (κ2) is 4.97. The van der Waals surface area contributed by atoms with Crippen LogP contribution in [0.5, 0.6) is 0 Å². The highest BCUT2D eigenvalue weighted by Crippen LogP contribution is 2.31. The Labute approximate surface area is 112 Å². The second-order valence-corrected chi connectivity index (χ2v) is 6.08. The van der Waals surface area contributed by atoms with Crippen molar-refractivity contribution in [1.82, 2.24) is 4.90 Å². The van der Waals surface area contributed by atoms with E-state index >= 15 is 0 Å². The maximum atomic E-state index is 13.6. The molecule has 0 aromatic heterocycles. The molecule has 1 saturated heterocycles. The van der Waals surface area contributed by atoms with Gasteiger partial charge in [-0.2, -0.15) is 0 Å². The van der Waals surface area contributed by atoms with Crippen molar-refractivity contribution in [3.05, 3.63) is 30.1 Å². The molecule has 1 aromatic carbocycles. The molecular formula is C11H10F3NO4S. The minimum absolute atomic E-state index is 0.242. The van der Waals surface area contributed by atoms with Crippen LogP contribution in [0.25, 0.3) is 0 Å². The van der Waals surface area contributed by atoms with Crippen LogP contribution in [0.1, 0.15) is 6.42 Å². The van der Waals surface area contributed by atoms with Gasteiger partial charge in [0.1, 0.15) is 5.82 Å². The Kier molecular flexibility index (Phi) is 3.63. The lowest BCUT2D eigenvalue weighted by molar-refractivity contribution is -0.136. The maximum Gasteiger partial charge on any atom is 0.516 e. The standard InChI is InChI=1S/C11H10F3NO4S/c12-8-2-4-9(5-3-8)20(17,18)11(13,14)19-10(16)15-6-1-7-15/h2-5H,1,6-7H2. The van der Waals surface area contributed by atoms with Crippen LogP contribution in [0, 0.1) is 5.82 Å². The Morgan fingerprint density at radius 3 is 2.20 bits per heavy atom. The van der Waals surface area contributed by atoms with Crippen LogP contribution in [-0.4, -0.2) is 37.9 Å². The molecule has 1 aromatic rings. The first-order valence-corrected chi connectivity index (χ1v) is 7.08. The lowest BCUT2D eigenvalue weighted by atomic mass is 10.2. The first-order chi connectivity index (χ1) is 9.24. The first kappa shape index (κ1) is 14.6. The van der Waals surface area contributed by atoms with Crippen molar-refractivity contribution in [3.63, 3.8) is 0 Å². The van der Waals surface area contributed by atoms with Crippen molar-refractivity contribution in [1.29, 1.82) is 0 Å². The minimum Gasteiger partial charge on any atom is -0.371 e.